The van der Waals surface area contributed by atoms with E-state index in [1.807, 2.05) is 4.90 Å². The summed E-state index contributed by atoms with van der Waals surface area (Å²) < 4.78 is 0. The summed E-state index contributed by atoms with van der Waals surface area (Å²) in [6.07, 6.45) is 2.85. The molecule has 0 aromatic rings. The van der Waals surface area contributed by atoms with Crippen molar-refractivity contribution in [2.24, 2.45) is 0 Å². The van der Waals surface area contributed by atoms with Gasteiger partial charge >= 0.3 is 5.97 Å². The number of unbranched alkanes of at least 4 members (excludes halogenated alkanes) is 1. The number of hydrogen-bond acceptors (Lipinski definition) is 3. The minimum Gasteiger partial charge on any atom is -0.481 e. The van der Waals surface area contributed by atoms with Gasteiger partial charge in [-0.15, -0.1) is 0 Å². The summed E-state index contributed by atoms with van der Waals surface area (Å²) in [5.74, 6) is -1.06. The molecule has 1 aliphatic rings. The van der Waals surface area contributed by atoms with E-state index in [1.54, 1.807) is 0 Å². The van der Waals surface area contributed by atoms with Crippen LogP contribution < -0.4 is 5.32 Å². The van der Waals surface area contributed by atoms with Gasteiger partial charge in [0.2, 0.25) is 5.91 Å². The maximum absolute atomic E-state index is 11.7. The van der Waals surface area contributed by atoms with Crippen LogP contribution in [0.1, 0.15) is 32.6 Å². The molecule has 0 spiro atoms. The summed E-state index contributed by atoms with van der Waals surface area (Å²) in [6, 6.07) is -0.494. The quantitative estimate of drug-likeness (QED) is 0.717. The zero-order valence-electron chi connectivity index (χ0n) is 9.74. The molecule has 0 bridgehead atoms. The molecule has 1 heterocycles. The second kappa shape index (κ2) is 6.48. The van der Waals surface area contributed by atoms with Crippen LogP contribution >= 0.6 is 0 Å². The molecule has 1 fully saturated rings. The highest BCUT2D eigenvalue weighted by molar-refractivity contribution is 5.86. The number of hydrogen-bond donors (Lipinski definition) is 2. The minimum absolute atomic E-state index is 0.102. The van der Waals surface area contributed by atoms with Crippen LogP contribution in [0.4, 0.5) is 0 Å². The normalized spacial score (nSPS) is 22.6. The highest BCUT2D eigenvalue weighted by Gasteiger charge is 2.29. The number of carbonyl (C=O) groups is 2. The molecule has 16 heavy (non-hydrogen) atoms. The zero-order chi connectivity index (χ0) is 12.0. The van der Waals surface area contributed by atoms with Crippen LogP contribution in [0.15, 0.2) is 0 Å². The maximum Gasteiger partial charge on any atom is 0.305 e. The highest BCUT2D eigenvalue weighted by Crippen LogP contribution is 2.10. The Kier molecular flexibility index (Phi) is 5.25. The monoisotopic (exact) mass is 228 g/mol. The molecule has 1 rings (SSSR count). The highest BCUT2D eigenvalue weighted by atomic mass is 16.4. The van der Waals surface area contributed by atoms with E-state index in [0.717, 1.165) is 32.4 Å². The van der Waals surface area contributed by atoms with E-state index >= 15 is 0 Å². The topological polar surface area (TPSA) is 69.6 Å². The Bertz CT molecular complexity index is 256. The summed E-state index contributed by atoms with van der Waals surface area (Å²) >= 11 is 0. The van der Waals surface area contributed by atoms with Crippen molar-refractivity contribution < 1.29 is 14.7 Å². The number of carbonyl (C=O) groups excluding carboxylic acids is 1. The first-order valence-corrected chi connectivity index (χ1v) is 5.88. The molecule has 0 aromatic heterocycles. The largest absolute Gasteiger partial charge is 0.481 e. The Morgan fingerprint density at radius 1 is 1.62 bits per heavy atom. The van der Waals surface area contributed by atoms with Crippen molar-refractivity contribution in [1.82, 2.24) is 10.2 Å². The third-order valence-electron chi connectivity index (χ3n) is 2.83. The number of rotatable bonds is 5. The van der Waals surface area contributed by atoms with Crippen molar-refractivity contribution in [1.29, 1.82) is 0 Å². The molecule has 5 nitrogen and oxygen atoms in total. The molecule has 0 radical (unpaired) electrons. The summed E-state index contributed by atoms with van der Waals surface area (Å²) in [7, 11) is 0. The molecular formula is C11H20N2O3. The smallest absolute Gasteiger partial charge is 0.305 e. The molecule has 0 aliphatic carbocycles. The maximum atomic E-state index is 11.7. The van der Waals surface area contributed by atoms with E-state index in [9.17, 15) is 9.59 Å². The lowest BCUT2D eigenvalue weighted by atomic mass is 10.1. The molecule has 1 aliphatic heterocycles. The van der Waals surface area contributed by atoms with Crippen molar-refractivity contribution >= 4 is 11.9 Å². The van der Waals surface area contributed by atoms with Gasteiger partial charge in [0, 0.05) is 13.1 Å². The van der Waals surface area contributed by atoms with E-state index in [-0.39, 0.29) is 12.3 Å². The molecule has 0 saturated carbocycles. The number of nitrogens with zero attached hydrogens (tertiary/aromatic N) is 1. The predicted octanol–water partition coefficient (Wildman–Crippen LogP) is 0.452. The lowest BCUT2D eigenvalue weighted by molar-refractivity contribution is -0.141. The van der Waals surface area contributed by atoms with Crippen molar-refractivity contribution in [3.63, 3.8) is 0 Å². The molecule has 1 unspecified atom stereocenters. The molecule has 2 N–H and O–H groups in total. The van der Waals surface area contributed by atoms with Crippen LogP contribution in [0.2, 0.25) is 0 Å². The molecule has 1 saturated heterocycles. The van der Waals surface area contributed by atoms with Crippen LogP contribution in [0.25, 0.3) is 0 Å². The van der Waals surface area contributed by atoms with E-state index in [1.165, 1.54) is 0 Å². The van der Waals surface area contributed by atoms with Crippen LogP contribution in [-0.2, 0) is 9.59 Å². The molecule has 1 amide bonds. The van der Waals surface area contributed by atoms with Gasteiger partial charge in [0.1, 0.15) is 0 Å². The van der Waals surface area contributed by atoms with Gasteiger partial charge in [0.05, 0.1) is 12.5 Å². The zero-order valence-corrected chi connectivity index (χ0v) is 9.74. The van der Waals surface area contributed by atoms with Crippen LogP contribution in [-0.4, -0.2) is 47.6 Å². The van der Waals surface area contributed by atoms with Crippen LogP contribution in [0.5, 0.6) is 0 Å². The average Bonchev–Trinajstić information content (AvgIpc) is 2.39. The number of aliphatic carboxylic acids is 1. The van der Waals surface area contributed by atoms with Gasteiger partial charge in [0.15, 0.2) is 0 Å². The van der Waals surface area contributed by atoms with E-state index < -0.39 is 12.0 Å². The van der Waals surface area contributed by atoms with Gasteiger partial charge < -0.3 is 10.4 Å². The standard InChI is InChI=1S/C11H20N2O3/c1-2-3-6-13-7-4-5-12-11(16)9(13)8-10(14)15/h9H,2-8H2,1H3,(H,12,16)(H,14,15). The third-order valence-corrected chi connectivity index (χ3v) is 2.83. The Balaban J connectivity index is 2.64. The molecule has 92 valence electrons. The fraction of sp³-hybridized carbons (Fsp3) is 0.818. The first-order valence-electron chi connectivity index (χ1n) is 5.88. The van der Waals surface area contributed by atoms with Gasteiger partial charge in [-0.3, -0.25) is 14.5 Å². The van der Waals surface area contributed by atoms with Gasteiger partial charge in [-0.1, -0.05) is 13.3 Å². The van der Waals surface area contributed by atoms with Gasteiger partial charge in [-0.25, -0.2) is 0 Å². The third kappa shape index (κ3) is 3.81. The van der Waals surface area contributed by atoms with E-state index in [4.69, 9.17) is 5.11 Å². The lowest BCUT2D eigenvalue weighted by Gasteiger charge is -2.26. The fourth-order valence-electron chi connectivity index (χ4n) is 1.95. The Morgan fingerprint density at radius 3 is 3.00 bits per heavy atom. The second-order valence-corrected chi connectivity index (χ2v) is 4.15. The van der Waals surface area contributed by atoms with Gasteiger partial charge in [0.25, 0.3) is 0 Å². The predicted molar refractivity (Wildman–Crippen MR) is 60.1 cm³/mol. The fourth-order valence-corrected chi connectivity index (χ4v) is 1.95. The molecule has 0 aromatic carbocycles. The SMILES string of the molecule is CCCCN1CCCNC(=O)C1CC(=O)O. The number of carboxylic acids is 1. The number of carboxylic acid groups (broad SMARTS) is 1. The lowest BCUT2D eigenvalue weighted by Crippen LogP contribution is -2.45. The Morgan fingerprint density at radius 2 is 2.38 bits per heavy atom. The Hall–Kier alpha value is -1.10. The Labute approximate surface area is 95.8 Å². The number of nitrogens with one attached hydrogen (secondary N) is 1. The summed E-state index contributed by atoms with van der Waals surface area (Å²) in [4.78, 5) is 24.4. The molecular weight excluding hydrogens is 208 g/mol. The van der Waals surface area contributed by atoms with Gasteiger partial charge in [-0.2, -0.15) is 0 Å². The second-order valence-electron chi connectivity index (χ2n) is 4.15. The van der Waals surface area contributed by atoms with Crippen molar-refractivity contribution in [2.45, 2.75) is 38.6 Å². The molecule has 5 heteroatoms. The number of amides is 1. The average molecular weight is 228 g/mol. The van der Waals surface area contributed by atoms with Crippen molar-refractivity contribution in [2.75, 3.05) is 19.6 Å². The van der Waals surface area contributed by atoms with Crippen molar-refractivity contribution in [3.05, 3.63) is 0 Å². The van der Waals surface area contributed by atoms with Crippen LogP contribution in [0, 0.1) is 0 Å². The molecule has 1 atom stereocenters. The summed E-state index contributed by atoms with van der Waals surface area (Å²) in [6.45, 7) is 4.35. The first kappa shape index (κ1) is 13.0. The van der Waals surface area contributed by atoms with E-state index in [2.05, 4.69) is 12.2 Å². The van der Waals surface area contributed by atoms with Crippen LogP contribution in [0.3, 0.4) is 0 Å². The van der Waals surface area contributed by atoms with Gasteiger partial charge in [-0.05, 0) is 19.4 Å². The summed E-state index contributed by atoms with van der Waals surface area (Å²) in [5.41, 5.74) is 0. The van der Waals surface area contributed by atoms with Crippen molar-refractivity contribution in [3.8, 4) is 0 Å². The first-order chi connectivity index (χ1) is 7.65. The summed E-state index contributed by atoms with van der Waals surface area (Å²) in [5, 5.41) is 11.6. The minimum atomic E-state index is -0.913. The van der Waals surface area contributed by atoms with E-state index in [0.29, 0.717) is 6.54 Å².